The van der Waals surface area contributed by atoms with Crippen LogP contribution < -0.4 is 5.63 Å². The van der Waals surface area contributed by atoms with Crippen molar-refractivity contribution in [3.63, 3.8) is 0 Å². The first kappa shape index (κ1) is 23.7. The first-order chi connectivity index (χ1) is 17.4. The third-order valence-electron chi connectivity index (χ3n) is 6.16. The van der Waals surface area contributed by atoms with Gasteiger partial charge in [0.15, 0.2) is 0 Å². The third kappa shape index (κ3) is 4.12. The zero-order valence-corrected chi connectivity index (χ0v) is 20.9. The molecule has 3 aromatic carbocycles. The average Bonchev–Trinajstić information content (AvgIpc) is 3.22. The first-order valence-electron chi connectivity index (χ1n) is 11.9. The molecule has 5 nitrogen and oxygen atoms in total. The maximum atomic E-state index is 14.2. The fourth-order valence-electron chi connectivity index (χ4n) is 4.37. The highest BCUT2D eigenvalue weighted by atomic mass is 32.2. The molecule has 5 aromatic rings. The van der Waals surface area contributed by atoms with Crippen molar-refractivity contribution < 1.29 is 12.8 Å². The summed E-state index contributed by atoms with van der Waals surface area (Å²) in [5.41, 5.74) is 3.20. The molecule has 2 aromatic heterocycles. The quantitative estimate of drug-likeness (QED) is 0.158. The van der Waals surface area contributed by atoms with Gasteiger partial charge < -0.3 is 4.42 Å². The summed E-state index contributed by atoms with van der Waals surface area (Å²) >= 11 is 0. The summed E-state index contributed by atoms with van der Waals surface area (Å²) < 4.78 is 35.2. The van der Waals surface area contributed by atoms with E-state index in [0.29, 0.717) is 39.6 Å². The van der Waals surface area contributed by atoms with E-state index in [1.165, 1.54) is 10.0 Å². The van der Waals surface area contributed by atoms with E-state index in [2.05, 4.69) is 18.8 Å². The number of fused-ring (bicyclic) bond motifs is 3. The molecule has 0 radical (unpaired) electrons. The molecule has 36 heavy (non-hydrogen) atoms. The van der Waals surface area contributed by atoms with Gasteiger partial charge >= 0.3 is 5.63 Å². The van der Waals surface area contributed by atoms with Crippen molar-refractivity contribution in [2.75, 3.05) is 0 Å². The molecule has 180 valence electrons. The largest absolute Gasteiger partial charge is 0.423 e. The lowest BCUT2D eigenvalue weighted by Crippen LogP contribution is -2.14. The van der Waals surface area contributed by atoms with Gasteiger partial charge in [0, 0.05) is 28.8 Å². The standard InChI is InChI=1S/C30H25NO4S/c1-3-4-5-9-12-25-29-24-17-20-28(32)35-27(24)19-18-26(29)31(30(25)22-10-7-6-8-11-22)36(33,34)23-15-13-21(2)14-16-23/h6-8,10-11,13-20H,3-5H2,1-2H3. The van der Waals surface area contributed by atoms with Crippen LogP contribution in [0.5, 0.6) is 0 Å². The van der Waals surface area contributed by atoms with E-state index in [1.54, 1.807) is 42.5 Å². The number of aromatic nitrogens is 1. The topological polar surface area (TPSA) is 69.3 Å². The highest BCUT2D eigenvalue weighted by Crippen LogP contribution is 2.39. The molecule has 0 fully saturated rings. The first-order valence-corrected chi connectivity index (χ1v) is 13.3. The second-order valence-corrected chi connectivity index (χ2v) is 10.5. The molecule has 0 amide bonds. The summed E-state index contributed by atoms with van der Waals surface area (Å²) in [6.45, 7) is 4.02. The number of rotatable bonds is 5. The van der Waals surface area contributed by atoms with Gasteiger partial charge in [-0.3, -0.25) is 0 Å². The van der Waals surface area contributed by atoms with Crippen LogP contribution in [0.15, 0.2) is 93.0 Å². The molecule has 5 rings (SSSR count). The van der Waals surface area contributed by atoms with Gasteiger partial charge in [0.05, 0.1) is 21.7 Å². The molecule has 0 aliphatic carbocycles. The average molecular weight is 496 g/mol. The van der Waals surface area contributed by atoms with Gasteiger partial charge in [-0.2, -0.15) is 0 Å². The molecular formula is C30H25NO4S. The van der Waals surface area contributed by atoms with Crippen molar-refractivity contribution in [1.29, 1.82) is 0 Å². The maximum absolute atomic E-state index is 14.2. The van der Waals surface area contributed by atoms with E-state index in [-0.39, 0.29) is 4.90 Å². The van der Waals surface area contributed by atoms with E-state index in [4.69, 9.17) is 4.42 Å². The van der Waals surface area contributed by atoms with Crippen molar-refractivity contribution >= 4 is 31.9 Å². The van der Waals surface area contributed by atoms with Crippen LogP contribution in [0.1, 0.15) is 37.3 Å². The van der Waals surface area contributed by atoms with Crippen LogP contribution in [0, 0.1) is 18.8 Å². The minimum Gasteiger partial charge on any atom is -0.423 e. The number of aryl methyl sites for hydroxylation is 1. The normalized spacial score (nSPS) is 11.5. The second kappa shape index (κ2) is 9.52. The lowest BCUT2D eigenvalue weighted by molar-refractivity contribution is 0.561. The Morgan fingerprint density at radius 1 is 0.917 bits per heavy atom. The van der Waals surface area contributed by atoms with Crippen molar-refractivity contribution in [2.24, 2.45) is 0 Å². The smallest absolute Gasteiger partial charge is 0.336 e. The van der Waals surface area contributed by atoms with Gasteiger partial charge in [0.1, 0.15) is 5.58 Å². The molecule has 2 heterocycles. The van der Waals surface area contributed by atoms with E-state index < -0.39 is 15.6 Å². The van der Waals surface area contributed by atoms with Crippen LogP contribution in [0.25, 0.3) is 33.1 Å². The van der Waals surface area contributed by atoms with Gasteiger partial charge in [-0.15, -0.1) is 0 Å². The molecule has 0 unspecified atom stereocenters. The Labute approximate surface area is 210 Å². The molecule has 0 aliphatic rings. The van der Waals surface area contributed by atoms with Crippen LogP contribution in [-0.4, -0.2) is 12.4 Å². The number of hydrogen-bond donors (Lipinski definition) is 0. The van der Waals surface area contributed by atoms with Crippen LogP contribution in [-0.2, 0) is 10.0 Å². The molecular weight excluding hydrogens is 470 g/mol. The van der Waals surface area contributed by atoms with Gasteiger partial charge in [-0.25, -0.2) is 17.2 Å². The number of hydrogen-bond acceptors (Lipinski definition) is 4. The Bertz CT molecular complexity index is 1800. The van der Waals surface area contributed by atoms with E-state index in [0.717, 1.165) is 24.0 Å². The minimum absolute atomic E-state index is 0.187. The van der Waals surface area contributed by atoms with Crippen LogP contribution in [0.4, 0.5) is 0 Å². The van der Waals surface area contributed by atoms with Crippen LogP contribution in [0.3, 0.4) is 0 Å². The highest BCUT2D eigenvalue weighted by Gasteiger charge is 2.28. The van der Waals surface area contributed by atoms with Crippen molar-refractivity contribution in [1.82, 2.24) is 3.97 Å². The Morgan fingerprint density at radius 3 is 2.39 bits per heavy atom. The molecule has 6 heteroatoms. The lowest BCUT2D eigenvalue weighted by Gasteiger charge is -2.13. The third-order valence-corrected chi connectivity index (χ3v) is 7.89. The molecule has 0 aliphatic heterocycles. The van der Waals surface area contributed by atoms with E-state index in [9.17, 15) is 13.2 Å². The fraction of sp³-hybridized carbons (Fsp3) is 0.167. The number of unbranched alkanes of at least 4 members (excludes halogenated alkanes) is 2. The van der Waals surface area contributed by atoms with Crippen LogP contribution >= 0.6 is 0 Å². The zero-order chi connectivity index (χ0) is 25.3. The van der Waals surface area contributed by atoms with E-state index in [1.807, 2.05) is 37.3 Å². The molecule has 0 bridgehead atoms. The molecule has 0 saturated heterocycles. The summed E-state index contributed by atoms with van der Waals surface area (Å²) in [7, 11) is -4.00. The predicted octanol–water partition coefficient (Wildman–Crippen LogP) is 6.50. The van der Waals surface area contributed by atoms with Gasteiger partial charge in [-0.1, -0.05) is 73.2 Å². The highest BCUT2D eigenvalue weighted by molar-refractivity contribution is 7.90. The summed E-state index contributed by atoms with van der Waals surface area (Å²) in [5.74, 6) is 6.54. The maximum Gasteiger partial charge on any atom is 0.336 e. The summed E-state index contributed by atoms with van der Waals surface area (Å²) in [6, 6.07) is 22.6. The molecule has 0 spiro atoms. The van der Waals surface area contributed by atoms with Crippen LogP contribution in [0.2, 0.25) is 0 Å². The van der Waals surface area contributed by atoms with Gasteiger partial charge in [0.25, 0.3) is 10.0 Å². The van der Waals surface area contributed by atoms with E-state index >= 15 is 0 Å². The van der Waals surface area contributed by atoms with Gasteiger partial charge in [0.2, 0.25) is 0 Å². The number of benzene rings is 3. The van der Waals surface area contributed by atoms with Crippen molar-refractivity contribution in [2.45, 2.75) is 38.0 Å². The summed E-state index contributed by atoms with van der Waals surface area (Å²) in [4.78, 5) is 12.1. The predicted molar refractivity (Wildman–Crippen MR) is 144 cm³/mol. The Morgan fingerprint density at radius 2 is 1.67 bits per heavy atom. The Hall–Kier alpha value is -4.08. The lowest BCUT2D eigenvalue weighted by atomic mass is 10.0. The summed E-state index contributed by atoms with van der Waals surface area (Å²) in [5, 5.41) is 1.29. The molecule has 0 atom stereocenters. The Kier molecular flexibility index (Phi) is 6.26. The fourth-order valence-corrected chi connectivity index (χ4v) is 5.91. The second-order valence-electron chi connectivity index (χ2n) is 8.70. The van der Waals surface area contributed by atoms with Gasteiger partial charge in [-0.05, 0) is 43.7 Å². The SMILES string of the molecule is CCCCC#Cc1c(-c2ccccc2)n(S(=O)(=O)c2ccc(C)cc2)c2ccc3oc(=O)ccc3c12. The molecule has 0 saturated carbocycles. The van der Waals surface area contributed by atoms with Crippen molar-refractivity contribution in [3.05, 3.63) is 100 Å². The van der Waals surface area contributed by atoms with Crippen molar-refractivity contribution in [3.8, 4) is 23.1 Å². The Balaban J connectivity index is 1.96. The number of nitrogens with zero attached hydrogens (tertiary/aromatic N) is 1. The molecule has 0 N–H and O–H groups in total. The monoisotopic (exact) mass is 495 g/mol. The zero-order valence-electron chi connectivity index (χ0n) is 20.1. The minimum atomic E-state index is -4.00. The summed E-state index contributed by atoms with van der Waals surface area (Å²) in [6.07, 6.45) is 2.66.